The second-order valence-electron chi connectivity index (χ2n) is 7.80. The number of unbranched alkanes of at least 4 members (excludes halogenated alkanes) is 2. The van der Waals surface area contributed by atoms with Crippen LogP contribution in [-0.2, 0) is 12.8 Å². The Bertz CT molecular complexity index is 1140. The number of halogens is 5. The Hall–Kier alpha value is -2.95. The number of hydrogen-bond acceptors (Lipinski definition) is 0. The lowest BCUT2D eigenvalue weighted by molar-refractivity contribution is 0.502. The zero-order valence-electron chi connectivity index (χ0n) is 18.0. The van der Waals surface area contributed by atoms with Gasteiger partial charge in [0.1, 0.15) is 5.82 Å². The SMILES string of the molecule is C=CCCc1cc2ccc(C(F)=C(F)c3ccc(CCCCC)cc3)c(F)c2c(F)c1F. The maximum atomic E-state index is 15.0. The number of rotatable bonds is 9. The van der Waals surface area contributed by atoms with Crippen LogP contribution in [0.15, 0.2) is 55.1 Å². The lowest BCUT2D eigenvalue weighted by atomic mass is 9.98. The molecule has 0 aliphatic heterocycles. The highest BCUT2D eigenvalue weighted by molar-refractivity contribution is 5.91. The minimum atomic E-state index is -1.46. The first-order chi connectivity index (χ1) is 15.4. The Balaban J connectivity index is 1.99. The van der Waals surface area contributed by atoms with E-state index in [1.54, 1.807) is 18.2 Å². The minimum absolute atomic E-state index is 0.0485. The summed E-state index contributed by atoms with van der Waals surface area (Å²) in [6.07, 6.45) is 6.18. The minimum Gasteiger partial charge on any atom is -0.205 e. The fourth-order valence-corrected chi connectivity index (χ4v) is 3.69. The standard InChI is InChI=1S/C27H25F5/c1-3-5-7-8-17-10-12-18(13-11-17)23(28)26(31)21-15-14-19-16-20(9-6-4-2)24(29)27(32)22(19)25(21)30/h4,10-16H,2-3,5-9H2,1H3. The smallest absolute Gasteiger partial charge is 0.169 e. The number of allylic oxidation sites excluding steroid dienone is 1. The van der Waals surface area contributed by atoms with Crippen molar-refractivity contribution in [2.75, 3.05) is 0 Å². The molecule has 0 saturated carbocycles. The van der Waals surface area contributed by atoms with E-state index in [1.807, 2.05) is 0 Å². The molecule has 3 aromatic rings. The third kappa shape index (κ3) is 4.93. The van der Waals surface area contributed by atoms with E-state index in [1.165, 1.54) is 24.3 Å². The Morgan fingerprint density at radius 2 is 1.56 bits per heavy atom. The Morgan fingerprint density at radius 3 is 2.22 bits per heavy atom. The van der Waals surface area contributed by atoms with Gasteiger partial charge in [-0.3, -0.25) is 0 Å². The normalized spacial score (nSPS) is 12.2. The molecule has 5 heteroatoms. The predicted octanol–water partition coefficient (Wildman–Crippen LogP) is 8.87. The van der Waals surface area contributed by atoms with Crippen molar-refractivity contribution < 1.29 is 22.0 Å². The van der Waals surface area contributed by atoms with Crippen LogP contribution in [0.1, 0.15) is 54.9 Å². The van der Waals surface area contributed by atoms with Crippen molar-refractivity contribution >= 4 is 22.4 Å². The third-order valence-electron chi connectivity index (χ3n) is 5.52. The number of fused-ring (bicyclic) bond motifs is 1. The second-order valence-corrected chi connectivity index (χ2v) is 7.80. The maximum Gasteiger partial charge on any atom is 0.169 e. The van der Waals surface area contributed by atoms with Gasteiger partial charge in [0.05, 0.1) is 5.39 Å². The summed E-state index contributed by atoms with van der Waals surface area (Å²) in [6, 6.07) is 9.89. The molecule has 0 aromatic heterocycles. The molecule has 32 heavy (non-hydrogen) atoms. The molecule has 0 fully saturated rings. The molecule has 3 aromatic carbocycles. The molecule has 168 valence electrons. The van der Waals surface area contributed by atoms with Crippen LogP contribution < -0.4 is 0 Å². The molecule has 0 unspecified atom stereocenters. The van der Waals surface area contributed by atoms with Crippen LogP contribution in [0.5, 0.6) is 0 Å². The Morgan fingerprint density at radius 1 is 0.844 bits per heavy atom. The van der Waals surface area contributed by atoms with Crippen molar-refractivity contribution in [2.24, 2.45) is 0 Å². The van der Waals surface area contributed by atoms with E-state index >= 15 is 0 Å². The van der Waals surface area contributed by atoms with Gasteiger partial charge >= 0.3 is 0 Å². The summed E-state index contributed by atoms with van der Waals surface area (Å²) in [5, 5.41) is -0.620. The van der Waals surface area contributed by atoms with E-state index in [0.717, 1.165) is 37.3 Å². The van der Waals surface area contributed by atoms with Gasteiger partial charge < -0.3 is 0 Å². The molecule has 0 heterocycles. The Labute approximate surface area is 185 Å². The predicted molar refractivity (Wildman–Crippen MR) is 121 cm³/mol. The Kier molecular flexibility index (Phi) is 7.84. The fraction of sp³-hybridized carbons (Fsp3) is 0.259. The first kappa shape index (κ1) is 23.7. The highest BCUT2D eigenvalue weighted by Crippen LogP contribution is 2.35. The van der Waals surface area contributed by atoms with E-state index in [-0.39, 0.29) is 22.9 Å². The van der Waals surface area contributed by atoms with Gasteiger partial charge in [-0.1, -0.05) is 56.2 Å². The first-order valence-corrected chi connectivity index (χ1v) is 10.7. The first-order valence-electron chi connectivity index (χ1n) is 10.7. The lowest BCUT2D eigenvalue weighted by Crippen LogP contribution is -2.00. The van der Waals surface area contributed by atoms with Crippen molar-refractivity contribution in [1.29, 1.82) is 0 Å². The van der Waals surface area contributed by atoms with Gasteiger partial charge in [0.15, 0.2) is 23.3 Å². The van der Waals surface area contributed by atoms with Gasteiger partial charge in [-0.25, -0.2) is 22.0 Å². The summed E-state index contributed by atoms with van der Waals surface area (Å²) in [6.45, 7) is 5.64. The number of benzene rings is 3. The molecule has 0 bridgehead atoms. The van der Waals surface area contributed by atoms with E-state index in [0.29, 0.717) is 6.42 Å². The molecule has 0 spiro atoms. The average Bonchev–Trinajstić information content (AvgIpc) is 2.80. The molecule has 0 radical (unpaired) electrons. The summed E-state index contributed by atoms with van der Waals surface area (Å²) in [7, 11) is 0. The molecule has 0 amide bonds. The van der Waals surface area contributed by atoms with Gasteiger partial charge in [-0.15, -0.1) is 6.58 Å². The maximum absolute atomic E-state index is 15.0. The molecular weight excluding hydrogens is 419 g/mol. The summed E-state index contributed by atoms with van der Waals surface area (Å²) in [5.41, 5.74) is 0.271. The molecule has 0 nitrogen and oxygen atoms in total. The zero-order chi connectivity index (χ0) is 23.3. The van der Waals surface area contributed by atoms with Gasteiger partial charge in [0.25, 0.3) is 0 Å². The molecule has 0 aliphatic carbocycles. The van der Waals surface area contributed by atoms with E-state index < -0.39 is 40.1 Å². The van der Waals surface area contributed by atoms with Crippen molar-refractivity contribution in [3.8, 4) is 0 Å². The summed E-state index contributed by atoms with van der Waals surface area (Å²) in [4.78, 5) is 0. The summed E-state index contributed by atoms with van der Waals surface area (Å²) in [5.74, 6) is -6.66. The third-order valence-corrected chi connectivity index (χ3v) is 5.52. The fourth-order valence-electron chi connectivity index (χ4n) is 3.69. The zero-order valence-corrected chi connectivity index (χ0v) is 18.0. The van der Waals surface area contributed by atoms with E-state index in [2.05, 4.69) is 13.5 Å². The number of hydrogen-bond donors (Lipinski definition) is 0. The van der Waals surface area contributed by atoms with Gasteiger partial charge in [-0.05, 0) is 54.3 Å². The molecule has 0 saturated heterocycles. The largest absolute Gasteiger partial charge is 0.205 e. The average molecular weight is 444 g/mol. The molecule has 0 atom stereocenters. The van der Waals surface area contributed by atoms with Gasteiger partial charge in [0, 0.05) is 11.1 Å². The molecular formula is C27H25F5. The summed E-state index contributed by atoms with van der Waals surface area (Å²) < 4.78 is 73.6. The highest BCUT2D eigenvalue weighted by atomic mass is 19.2. The van der Waals surface area contributed by atoms with Crippen molar-refractivity contribution in [3.05, 3.63) is 94.8 Å². The topological polar surface area (TPSA) is 0 Å². The van der Waals surface area contributed by atoms with Crippen LogP contribution in [0, 0.1) is 17.5 Å². The lowest BCUT2D eigenvalue weighted by Gasteiger charge is -2.11. The van der Waals surface area contributed by atoms with Gasteiger partial charge in [0.2, 0.25) is 0 Å². The molecule has 3 rings (SSSR count). The quantitative estimate of drug-likeness (QED) is 0.134. The molecule has 0 aliphatic rings. The highest BCUT2D eigenvalue weighted by Gasteiger charge is 2.22. The van der Waals surface area contributed by atoms with Gasteiger partial charge in [-0.2, -0.15) is 0 Å². The van der Waals surface area contributed by atoms with Crippen LogP contribution in [-0.4, -0.2) is 0 Å². The van der Waals surface area contributed by atoms with Crippen LogP contribution in [0.2, 0.25) is 0 Å². The van der Waals surface area contributed by atoms with Crippen LogP contribution >= 0.6 is 0 Å². The van der Waals surface area contributed by atoms with E-state index in [9.17, 15) is 22.0 Å². The van der Waals surface area contributed by atoms with Crippen LogP contribution in [0.4, 0.5) is 22.0 Å². The monoisotopic (exact) mass is 444 g/mol. The molecule has 0 N–H and O–H groups in total. The van der Waals surface area contributed by atoms with Crippen molar-refractivity contribution in [2.45, 2.75) is 45.4 Å². The van der Waals surface area contributed by atoms with E-state index in [4.69, 9.17) is 0 Å². The van der Waals surface area contributed by atoms with Crippen LogP contribution in [0.3, 0.4) is 0 Å². The van der Waals surface area contributed by atoms with Crippen molar-refractivity contribution in [1.82, 2.24) is 0 Å². The summed E-state index contributed by atoms with van der Waals surface area (Å²) >= 11 is 0. The van der Waals surface area contributed by atoms with Crippen molar-refractivity contribution in [3.63, 3.8) is 0 Å². The van der Waals surface area contributed by atoms with Crippen LogP contribution in [0.25, 0.3) is 22.4 Å². The number of aryl methyl sites for hydroxylation is 2. The second kappa shape index (κ2) is 10.6.